The van der Waals surface area contributed by atoms with Gasteiger partial charge < -0.3 is 20.4 Å². The zero-order valence-electron chi connectivity index (χ0n) is 30.0. The van der Waals surface area contributed by atoms with Gasteiger partial charge in [-0.15, -0.1) is 20.5 Å². The average molecular weight is 904 g/mol. The molecule has 26 heteroatoms. The molecule has 0 saturated heterocycles. The first-order chi connectivity index (χ1) is 25.3. The van der Waals surface area contributed by atoms with Gasteiger partial charge in [0.2, 0.25) is 0 Å². The van der Waals surface area contributed by atoms with E-state index in [1.165, 1.54) is 48.5 Å². The SMILES string of the molecule is O=[N+]([O-])c1ccc(O)c(N=Nc2c(O)ccc3cc(S(=O)(=O)O)ccc23)c1.O=[N+]([O-])c1ccc(O)c(N=Nc2c(O)ccc3cc(S(=O)(=O)O)ccc23)c1.[Fe].[Na+].[Na+].[Na+]. The smallest absolute Gasteiger partial charge is 0.506 e. The molecule has 0 aliphatic carbocycles. The number of hydrogen-bond donors (Lipinski definition) is 6. The molecule has 20 nitrogen and oxygen atoms in total. The number of benzene rings is 6. The van der Waals surface area contributed by atoms with E-state index in [2.05, 4.69) is 20.5 Å². The number of phenolic OH excluding ortho intramolecular Hbond substituents is 4. The Labute approximate surface area is 403 Å². The van der Waals surface area contributed by atoms with E-state index >= 15 is 0 Å². The minimum absolute atomic E-state index is 0. The van der Waals surface area contributed by atoms with Crippen LogP contribution in [0.4, 0.5) is 34.1 Å². The van der Waals surface area contributed by atoms with Crippen LogP contribution < -0.4 is 88.7 Å². The number of azo groups is 2. The third kappa shape index (κ3) is 12.7. The predicted molar refractivity (Wildman–Crippen MR) is 189 cm³/mol. The number of rotatable bonds is 8. The van der Waals surface area contributed by atoms with Crippen LogP contribution in [0.25, 0.3) is 21.5 Å². The molecular weight excluding hydrogens is 881 g/mol. The number of hydrogen-bond acceptors (Lipinski definition) is 16. The first-order valence-corrected chi connectivity index (χ1v) is 17.5. The Morgan fingerprint density at radius 3 is 1.10 bits per heavy atom. The van der Waals surface area contributed by atoms with Gasteiger partial charge in [-0.1, -0.05) is 24.3 Å². The van der Waals surface area contributed by atoms with Crippen molar-refractivity contribution in [3.8, 4) is 23.0 Å². The molecule has 58 heavy (non-hydrogen) atoms. The Hall–Kier alpha value is -3.62. The van der Waals surface area contributed by atoms with Crippen molar-refractivity contribution in [2.24, 2.45) is 20.5 Å². The third-order valence-corrected chi connectivity index (χ3v) is 9.03. The monoisotopic (exact) mass is 903 g/mol. The van der Waals surface area contributed by atoms with E-state index < -0.39 is 30.1 Å². The molecule has 6 rings (SSSR count). The molecule has 6 aromatic carbocycles. The standard InChI is InChI=1S/2C16H11N3O7S.Fe.3Na/c2*20-14-6-2-10(19(22)23)8-13(14)17-18-16-12-4-3-11(27(24,25)26)7-9(12)1-5-15(16)21;;;;/h2*1-8,20-21H,(H,24,25,26);;;;/q;;;3*+1. The van der Waals surface area contributed by atoms with Gasteiger partial charge in [-0.2, -0.15) is 16.8 Å². The summed E-state index contributed by atoms with van der Waals surface area (Å²) in [5.74, 6) is -1.26. The van der Waals surface area contributed by atoms with Crippen molar-refractivity contribution in [3.63, 3.8) is 0 Å². The van der Waals surface area contributed by atoms with Crippen molar-refractivity contribution in [2.45, 2.75) is 9.79 Å². The summed E-state index contributed by atoms with van der Waals surface area (Å²) in [4.78, 5) is 19.7. The zero-order valence-corrected chi connectivity index (χ0v) is 38.8. The van der Waals surface area contributed by atoms with E-state index in [4.69, 9.17) is 9.11 Å². The number of phenols is 4. The van der Waals surface area contributed by atoms with E-state index in [0.717, 1.165) is 48.5 Å². The fraction of sp³-hybridized carbons (Fsp3) is 0. The van der Waals surface area contributed by atoms with Crippen molar-refractivity contribution in [2.75, 3.05) is 0 Å². The molecule has 0 aliphatic rings. The van der Waals surface area contributed by atoms with E-state index in [9.17, 15) is 57.5 Å². The summed E-state index contributed by atoms with van der Waals surface area (Å²) in [5, 5.41) is 77.7. The Bertz CT molecular complexity index is 2630. The summed E-state index contributed by atoms with van der Waals surface area (Å²) in [6.07, 6.45) is 0. The molecule has 0 aromatic heterocycles. The summed E-state index contributed by atoms with van der Waals surface area (Å²) in [5.41, 5.74) is -1.06. The number of nitro benzene ring substituents is 2. The van der Waals surface area contributed by atoms with Crippen LogP contribution in [0.1, 0.15) is 0 Å². The van der Waals surface area contributed by atoms with Gasteiger partial charge in [0.25, 0.3) is 31.6 Å². The number of fused-ring (bicyclic) bond motifs is 2. The summed E-state index contributed by atoms with van der Waals surface area (Å²) in [6.45, 7) is 0. The van der Waals surface area contributed by atoms with Gasteiger partial charge in [0.05, 0.1) is 19.6 Å². The molecule has 0 radical (unpaired) electrons. The van der Waals surface area contributed by atoms with E-state index in [1.807, 2.05) is 0 Å². The van der Waals surface area contributed by atoms with Crippen LogP contribution in [0.5, 0.6) is 23.0 Å². The van der Waals surface area contributed by atoms with Crippen molar-refractivity contribution in [1.82, 2.24) is 0 Å². The van der Waals surface area contributed by atoms with Crippen LogP contribution in [0.15, 0.2) is 127 Å². The van der Waals surface area contributed by atoms with Crippen LogP contribution in [0.3, 0.4) is 0 Å². The molecule has 0 aliphatic heterocycles. The van der Waals surface area contributed by atoms with Gasteiger partial charge in [0, 0.05) is 52.1 Å². The maximum atomic E-state index is 11.2. The molecule has 0 atom stereocenters. The first kappa shape index (κ1) is 52.4. The van der Waals surface area contributed by atoms with Gasteiger partial charge in [-0.05, 0) is 59.3 Å². The average Bonchev–Trinajstić information content (AvgIpc) is 3.11. The molecule has 0 amide bonds. The molecule has 0 spiro atoms. The second-order valence-electron chi connectivity index (χ2n) is 10.8. The molecule has 0 bridgehead atoms. The Balaban J connectivity index is 0.000000543. The van der Waals surface area contributed by atoms with Gasteiger partial charge in [0.15, 0.2) is 0 Å². The Morgan fingerprint density at radius 2 is 0.793 bits per heavy atom. The van der Waals surface area contributed by atoms with Crippen LogP contribution in [-0.2, 0) is 37.3 Å². The molecule has 0 fully saturated rings. The third-order valence-electron chi connectivity index (χ3n) is 7.33. The molecule has 6 aromatic rings. The zero-order chi connectivity index (χ0) is 39.5. The molecule has 284 valence electrons. The Morgan fingerprint density at radius 1 is 0.466 bits per heavy atom. The van der Waals surface area contributed by atoms with E-state index in [-0.39, 0.29) is 173 Å². The quantitative estimate of drug-likeness (QED) is 0.0339. The fourth-order valence-electron chi connectivity index (χ4n) is 4.71. The molecule has 6 N–H and O–H groups in total. The minimum atomic E-state index is -4.40. The Kier molecular flexibility index (Phi) is 19.5. The summed E-state index contributed by atoms with van der Waals surface area (Å²) >= 11 is 0. The van der Waals surface area contributed by atoms with Crippen LogP contribution in [0.2, 0.25) is 0 Å². The maximum absolute atomic E-state index is 11.2. The van der Waals surface area contributed by atoms with Gasteiger partial charge in [-0.25, -0.2) is 0 Å². The number of nitrogens with zero attached hydrogens (tertiary/aromatic N) is 6. The van der Waals surface area contributed by atoms with E-state index in [0.29, 0.717) is 21.5 Å². The predicted octanol–water partition coefficient (Wildman–Crippen LogP) is -1.35. The number of aromatic hydroxyl groups is 4. The second kappa shape index (κ2) is 21.6. The summed E-state index contributed by atoms with van der Waals surface area (Å²) in [6, 6.07) is 19.0. The summed E-state index contributed by atoms with van der Waals surface area (Å²) < 4.78 is 63.2. The summed E-state index contributed by atoms with van der Waals surface area (Å²) in [7, 11) is -8.81. The van der Waals surface area contributed by atoms with Crippen LogP contribution >= 0.6 is 0 Å². The van der Waals surface area contributed by atoms with Crippen LogP contribution in [-0.4, -0.2) is 56.2 Å². The van der Waals surface area contributed by atoms with Crippen molar-refractivity contribution >= 4 is 75.9 Å². The van der Waals surface area contributed by atoms with Crippen molar-refractivity contribution < 1.29 is 162 Å². The molecule has 0 unspecified atom stereocenters. The van der Waals surface area contributed by atoms with Crippen molar-refractivity contribution in [1.29, 1.82) is 0 Å². The van der Waals surface area contributed by atoms with Gasteiger partial charge in [-0.3, -0.25) is 29.3 Å². The topological polar surface area (TPSA) is 325 Å². The fourth-order valence-corrected chi connectivity index (χ4v) is 5.74. The number of nitro groups is 2. The first-order valence-electron chi connectivity index (χ1n) is 14.6. The second-order valence-corrected chi connectivity index (χ2v) is 13.7. The van der Waals surface area contributed by atoms with E-state index in [1.54, 1.807) is 0 Å². The van der Waals surface area contributed by atoms with Gasteiger partial charge >= 0.3 is 88.7 Å². The normalized spacial score (nSPS) is 11.1. The van der Waals surface area contributed by atoms with Crippen LogP contribution in [0, 0.1) is 20.2 Å². The number of non-ortho nitro benzene ring substituents is 2. The minimum Gasteiger partial charge on any atom is -0.506 e. The molecular formula is C32H22FeN6Na3O14S2+3. The molecule has 0 saturated carbocycles. The largest absolute Gasteiger partial charge is 1.00 e. The van der Waals surface area contributed by atoms with Gasteiger partial charge in [0.1, 0.15) is 45.7 Å². The molecule has 0 heterocycles. The van der Waals surface area contributed by atoms with Crippen molar-refractivity contribution in [3.05, 3.63) is 117 Å². The maximum Gasteiger partial charge on any atom is 1.00 e.